The quantitative estimate of drug-likeness (QED) is 0.909. The van der Waals surface area contributed by atoms with Crippen LogP contribution >= 0.6 is 11.3 Å². The van der Waals surface area contributed by atoms with Crippen molar-refractivity contribution in [3.05, 3.63) is 16.6 Å². The number of thiazole rings is 1. The Hall–Kier alpha value is -0.940. The van der Waals surface area contributed by atoms with E-state index in [4.69, 9.17) is 5.73 Å². The lowest BCUT2D eigenvalue weighted by atomic mass is 9.80. The molecule has 1 amide bonds. The number of carbonyl (C=O) groups excluding carboxylic acids is 1. The molecule has 0 saturated heterocycles. The summed E-state index contributed by atoms with van der Waals surface area (Å²) < 4.78 is 0. The van der Waals surface area contributed by atoms with Crippen LogP contribution in [0.25, 0.3) is 0 Å². The van der Waals surface area contributed by atoms with Crippen molar-refractivity contribution in [3.8, 4) is 0 Å². The molecule has 0 aliphatic heterocycles. The fraction of sp³-hybridized carbons (Fsp3) is 0.692. The lowest BCUT2D eigenvalue weighted by Crippen LogP contribution is -2.46. The summed E-state index contributed by atoms with van der Waals surface area (Å²) in [4.78, 5) is 18.1. The van der Waals surface area contributed by atoms with Gasteiger partial charge in [-0.1, -0.05) is 19.3 Å². The molecule has 0 atom stereocenters. The molecule has 2 N–H and O–H groups in total. The molecule has 5 heteroatoms. The molecular formula is C13H21N3OS. The van der Waals surface area contributed by atoms with Gasteiger partial charge in [0.15, 0.2) is 0 Å². The highest BCUT2D eigenvalue weighted by Crippen LogP contribution is 2.29. The van der Waals surface area contributed by atoms with Crippen molar-refractivity contribution < 1.29 is 4.79 Å². The summed E-state index contributed by atoms with van der Waals surface area (Å²) in [5.74, 6) is 0.132. The molecule has 0 aromatic carbocycles. The van der Waals surface area contributed by atoms with Crippen molar-refractivity contribution in [2.24, 2.45) is 5.73 Å². The number of nitrogens with two attached hydrogens (primary N) is 1. The number of hydrogen-bond donors (Lipinski definition) is 1. The number of carbonyl (C=O) groups is 1. The summed E-state index contributed by atoms with van der Waals surface area (Å²) in [5, 5.41) is 1.97. The van der Waals surface area contributed by atoms with Crippen LogP contribution in [0.3, 0.4) is 0 Å². The van der Waals surface area contributed by atoms with Crippen molar-refractivity contribution in [2.45, 2.75) is 50.6 Å². The molecule has 1 aliphatic carbocycles. The maximum Gasteiger partial charge on any atom is 0.224 e. The summed E-state index contributed by atoms with van der Waals surface area (Å²) >= 11 is 1.55. The largest absolute Gasteiger partial charge is 0.340 e. The van der Waals surface area contributed by atoms with Crippen molar-refractivity contribution in [3.63, 3.8) is 0 Å². The zero-order chi connectivity index (χ0) is 13.0. The van der Waals surface area contributed by atoms with E-state index >= 15 is 0 Å². The van der Waals surface area contributed by atoms with Gasteiger partial charge in [-0.3, -0.25) is 4.79 Å². The molecule has 1 aromatic heterocycles. The Bertz CT molecular complexity index is 385. The molecule has 0 unspecified atom stereocenters. The molecule has 1 aromatic rings. The van der Waals surface area contributed by atoms with Crippen LogP contribution in [0.2, 0.25) is 0 Å². The van der Waals surface area contributed by atoms with E-state index in [2.05, 4.69) is 4.98 Å². The maximum atomic E-state index is 12.2. The van der Waals surface area contributed by atoms with Gasteiger partial charge in [0, 0.05) is 24.4 Å². The van der Waals surface area contributed by atoms with E-state index in [1.807, 2.05) is 12.4 Å². The molecular weight excluding hydrogens is 246 g/mol. The molecule has 1 aliphatic rings. The van der Waals surface area contributed by atoms with Gasteiger partial charge in [0.05, 0.1) is 17.7 Å². The summed E-state index contributed by atoms with van der Waals surface area (Å²) in [7, 11) is 1.83. The summed E-state index contributed by atoms with van der Waals surface area (Å²) in [6, 6.07) is 0. The summed E-state index contributed by atoms with van der Waals surface area (Å²) in [6.07, 6.45) is 5.97. The smallest absolute Gasteiger partial charge is 0.224 e. The first-order valence-corrected chi connectivity index (χ1v) is 7.43. The Morgan fingerprint density at radius 3 is 2.83 bits per heavy atom. The Morgan fingerprint density at radius 2 is 2.22 bits per heavy atom. The fourth-order valence-electron chi connectivity index (χ4n) is 2.52. The third kappa shape index (κ3) is 3.53. The maximum absolute atomic E-state index is 12.2. The second-order valence-electron chi connectivity index (χ2n) is 5.33. The van der Waals surface area contributed by atoms with Crippen LogP contribution in [0.1, 0.15) is 44.2 Å². The van der Waals surface area contributed by atoms with Gasteiger partial charge in [-0.25, -0.2) is 4.98 Å². The van der Waals surface area contributed by atoms with Crippen molar-refractivity contribution in [2.75, 3.05) is 7.05 Å². The standard InChI is InChI=1S/C13H21N3OS/c1-16(8-11-9-18-10-15-11)12(17)7-13(14)5-3-2-4-6-13/h9-10H,2-8,14H2,1H3. The van der Waals surface area contributed by atoms with Crippen LogP contribution in [-0.4, -0.2) is 28.4 Å². The topological polar surface area (TPSA) is 59.2 Å². The molecule has 1 saturated carbocycles. The average Bonchev–Trinajstić information content (AvgIpc) is 2.82. The van der Waals surface area contributed by atoms with Crippen LogP contribution in [0.4, 0.5) is 0 Å². The Kier molecular flexibility index (Phi) is 4.35. The van der Waals surface area contributed by atoms with E-state index in [0.717, 1.165) is 31.4 Å². The van der Waals surface area contributed by atoms with Gasteiger partial charge >= 0.3 is 0 Å². The first-order valence-electron chi connectivity index (χ1n) is 6.49. The molecule has 2 rings (SSSR count). The van der Waals surface area contributed by atoms with Gasteiger partial charge in [-0.15, -0.1) is 11.3 Å². The second kappa shape index (κ2) is 5.80. The van der Waals surface area contributed by atoms with E-state index in [-0.39, 0.29) is 11.4 Å². The zero-order valence-corrected chi connectivity index (χ0v) is 11.7. The minimum absolute atomic E-state index is 0.132. The third-order valence-corrected chi connectivity index (χ3v) is 4.30. The lowest BCUT2D eigenvalue weighted by molar-refractivity contribution is -0.132. The van der Waals surface area contributed by atoms with Gasteiger partial charge < -0.3 is 10.6 Å². The van der Waals surface area contributed by atoms with Crippen LogP contribution in [0.5, 0.6) is 0 Å². The van der Waals surface area contributed by atoms with E-state index in [1.54, 1.807) is 21.7 Å². The molecule has 18 heavy (non-hydrogen) atoms. The van der Waals surface area contributed by atoms with Gasteiger partial charge in [0.25, 0.3) is 0 Å². The third-order valence-electron chi connectivity index (χ3n) is 3.66. The van der Waals surface area contributed by atoms with Gasteiger partial charge in [0.2, 0.25) is 5.91 Å². The van der Waals surface area contributed by atoms with Gasteiger partial charge in [-0.2, -0.15) is 0 Å². The molecule has 0 radical (unpaired) electrons. The first kappa shape index (κ1) is 13.5. The number of nitrogens with zero attached hydrogens (tertiary/aromatic N) is 2. The van der Waals surface area contributed by atoms with E-state index in [9.17, 15) is 4.79 Å². The second-order valence-corrected chi connectivity index (χ2v) is 6.05. The number of hydrogen-bond acceptors (Lipinski definition) is 4. The Morgan fingerprint density at radius 1 is 1.50 bits per heavy atom. The average molecular weight is 267 g/mol. The summed E-state index contributed by atoms with van der Waals surface area (Å²) in [5.41, 5.74) is 8.78. The van der Waals surface area contributed by atoms with Crippen LogP contribution in [0.15, 0.2) is 10.9 Å². The van der Waals surface area contributed by atoms with Crippen molar-refractivity contribution in [1.82, 2.24) is 9.88 Å². The van der Waals surface area contributed by atoms with E-state index < -0.39 is 0 Å². The van der Waals surface area contributed by atoms with Crippen molar-refractivity contribution >= 4 is 17.2 Å². The molecule has 1 fully saturated rings. The highest BCUT2D eigenvalue weighted by Gasteiger charge is 2.31. The molecule has 0 bridgehead atoms. The highest BCUT2D eigenvalue weighted by atomic mass is 32.1. The van der Waals surface area contributed by atoms with Crippen molar-refractivity contribution in [1.29, 1.82) is 0 Å². The first-order chi connectivity index (χ1) is 8.59. The Labute approximate surface area is 112 Å². The Balaban J connectivity index is 1.86. The minimum atomic E-state index is -0.272. The van der Waals surface area contributed by atoms with Crippen LogP contribution < -0.4 is 5.73 Å². The van der Waals surface area contributed by atoms with Crippen LogP contribution in [0, 0.1) is 0 Å². The highest BCUT2D eigenvalue weighted by molar-refractivity contribution is 7.07. The molecule has 100 valence electrons. The molecule has 4 nitrogen and oxygen atoms in total. The SMILES string of the molecule is CN(Cc1cscn1)C(=O)CC1(N)CCCCC1. The normalized spacial score (nSPS) is 18.6. The number of rotatable bonds is 4. The fourth-order valence-corrected chi connectivity index (χ4v) is 3.07. The predicted molar refractivity (Wildman–Crippen MR) is 73.2 cm³/mol. The summed E-state index contributed by atoms with van der Waals surface area (Å²) in [6.45, 7) is 0.582. The number of aromatic nitrogens is 1. The zero-order valence-electron chi connectivity index (χ0n) is 10.9. The minimum Gasteiger partial charge on any atom is -0.340 e. The number of amides is 1. The van der Waals surface area contributed by atoms with Crippen LogP contribution in [-0.2, 0) is 11.3 Å². The lowest BCUT2D eigenvalue weighted by Gasteiger charge is -2.34. The van der Waals surface area contributed by atoms with Gasteiger partial charge in [0.1, 0.15) is 0 Å². The van der Waals surface area contributed by atoms with E-state index in [0.29, 0.717) is 13.0 Å². The van der Waals surface area contributed by atoms with Gasteiger partial charge in [-0.05, 0) is 12.8 Å². The monoisotopic (exact) mass is 267 g/mol. The molecule has 0 spiro atoms. The van der Waals surface area contributed by atoms with E-state index in [1.165, 1.54) is 6.42 Å². The molecule has 1 heterocycles. The predicted octanol–water partition coefficient (Wildman–Crippen LogP) is 2.15.